The third-order valence-corrected chi connectivity index (χ3v) is 3.13. The third kappa shape index (κ3) is 4.52. The number of hydrogen-bond acceptors (Lipinski definition) is 3. The summed E-state index contributed by atoms with van der Waals surface area (Å²) in [6, 6.07) is 5.92. The Labute approximate surface area is 112 Å². The van der Waals surface area contributed by atoms with Crippen LogP contribution in [0.4, 0.5) is 4.39 Å². The number of rotatable bonds is 6. The Morgan fingerprint density at radius 1 is 1.42 bits per heavy atom. The smallest absolute Gasteiger partial charge is 0.224 e. The second kappa shape index (κ2) is 7.09. The van der Waals surface area contributed by atoms with Gasteiger partial charge in [-0.1, -0.05) is 0 Å². The van der Waals surface area contributed by atoms with Crippen LogP contribution in [0.15, 0.2) is 24.3 Å². The molecule has 0 spiro atoms. The van der Waals surface area contributed by atoms with Crippen molar-refractivity contribution in [3.05, 3.63) is 30.1 Å². The van der Waals surface area contributed by atoms with Crippen molar-refractivity contribution in [1.29, 1.82) is 0 Å². The van der Waals surface area contributed by atoms with Crippen LogP contribution in [0.25, 0.3) is 0 Å². The first-order chi connectivity index (χ1) is 9.25. The fourth-order valence-corrected chi connectivity index (χ4v) is 2.03. The van der Waals surface area contributed by atoms with Crippen LogP contribution in [0.1, 0.15) is 12.8 Å². The topological polar surface area (TPSA) is 50.4 Å². The summed E-state index contributed by atoms with van der Waals surface area (Å²) in [7, 11) is 0. The van der Waals surface area contributed by atoms with Crippen LogP contribution in [0.5, 0.6) is 5.75 Å². The van der Waals surface area contributed by atoms with E-state index in [0.29, 0.717) is 18.9 Å². The van der Waals surface area contributed by atoms with Crippen molar-refractivity contribution < 1.29 is 13.9 Å². The highest BCUT2D eigenvalue weighted by atomic mass is 19.1. The molecule has 0 aliphatic carbocycles. The molecule has 5 heteroatoms. The van der Waals surface area contributed by atoms with E-state index in [2.05, 4.69) is 10.6 Å². The maximum absolute atomic E-state index is 12.7. The molecule has 1 fully saturated rings. The molecule has 1 heterocycles. The molecule has 2 N–H and O–H groups in total. The van der Waals surface area contributed by atoms with Crippen molar-refractivity contribution in [2.45, 2.75) is 12.8 Å². The molecule has 1 aromatic rings. The number of benzene rings is 1. The van der Waals surface area contributed by atoms with Gasteiger partial charge in [0, 0.05) is 13.1 Å². The van der Waals surface area contributed by atoms with Gasteiger partial charge >= 0.3 is 0 Å². The van der Waals surface area contributed by atoms with E-state index in [9.17, 15) is 9.18 Å². The molecule has 0 saturated carbocycles. The molecular formula is C14H19FN2O2. The third-order valence-electron chi connectivity index (χ3n) is 3.13. The number of amides is 1. The van der Waals surface area contributed by atoms with Gasteiger partial charge in [-0.3, -0.25) is 4.79 Å². The van der Waals surface area contributed by atoms with Crippen molar-refractivity contribution in [3.8, 4) is 5.75 Å². The molecule has 1 aliphatic heterocycles. The number of halogens is 1. The quantitative estimate of drug-likeness (QED) is 0.764. The van der Waals surface area contributed by atoms with Crippen molar-refractivity contribution >= 4 is 5.91 Å². The molecule has 0 radical (unpaired) electrons. The minimum atomic E-state index is -0.273. The fraction of sp³-hybridized carbons (Fsp3) is 0.500. The van der Waals surface area contributed by atoms with Crippen LogP contribution >= 0.6 is 0 Å². The lowest BCUT2D eigenvalue weighted by molar-refractivity contribution is -0.124. The van der Waals surface area contributed by atoms with Gasteiger partial charge in [0.15, 0.2) is 0 Å². The Kier molecular flexibility index (Phi) is 5.15. The number of carbonyl (C=O) groups excluding carboxylic acids is 1. The molecule has 2 rings (SSSR count). The average Bonchev–Trinajstić information content (AvgIpc) is 2.94. The predicted molar refractivity (Wildman–Crippen MR) is 70.5 cm³/mol. The Bertz CT molecular complexity index is 402. The molecule has 1 aromatic carbocycles. The van der Waals surface area contributed by atoms with E-state index in [0.717, 1.165) is 25.9 Å². The van der Waals surface area contributed by atoms with Gasteiger partial charge in [0.25, 0.3) is 0 Å². The van der Waals surface area contributed by atoms with Crippen molar-refractivity contribution in [3.63, 3.8) is 0 Å². The van der Waals surface area contributed by atoms with Gasteiger partial charge in [-0.05, 0) is 43.7 Å². The summed E-state index contributed by atoms with van der Waals surface area (Å²) < 4.78 is 18.1. The predicted octanol–water partition coefficient (Wildman–Crippen LogP) is 1.32. The zero-order valence-corrected chi connectivity index (χ0v) is 10.8. The minimum absolute atomic E-state index is 0.109. The molecule has 19 heavy (non-hydrogen) atoms. The van der Waals surface area contributed by atoms with Gasteiger partial charge in [0.05, 0.1) is 12.5 Å². The van der Waals surface area contributed by atoms with Crippen molar-refractivity contribution in [2.24, 2.45) is 5.92 Å². The highest BCUT2D eigenvalue weighted by molar-refractivity contribution is 5.79. The maximum Gasteiger partial charge on any atom is 0.224 e. The zero-order valence-electron chi connectivity index (χ0n) is 10.8. The van der Waals surface area contributed by atoms with E-state index in [4.69, 9.17) is 4.74 Å². The SMILES string of the molecule is O=C(NCCCOc1ccc(F)cc1)C1CCNC1. The molecule has 104 valence electrons. The van der Waals surface area contributed by atoms with Gasteiger partial charge in [0.2, 0.25) is 5.91 Å². The Hall–Kier alpha value is -1.62. The Morgan fingerprint density at radius 3 is 2.89 bits per heavy atom. The lowest BCUT2D eigenvalue weighted by atomic mass is 10.1. The van der Waals surface area contributed by atoms with E-state index in [-0.39, 0.29) is 17.6 Å². The Balaban J connectivity index is 1.56. The number of hydrogen-bond donors (Lipinski definition) is 2. The van der Waals surface area contributed by atoms with Gasteiger partial charge in [-0.25, -0.2) is 4.39 Å². The van der Waals surface area contributed by atoms with E-state index in [1.807, 2.05) is 0 Å². The van der Waals surface area contributed by atoms with Crippen LogP contribution in [-0.2, 0) is 4.79 Å². The van der Waals surface area contributed by atoms with Crippen LogP contribution in [-0.4, -0.2) is 32.1 Å². The summed E-state index contributed by atoms with van der Waals surface area (Å²) in [5.41, 5.74) is 0. The minimum Gasteiger partial charge on any atom is -0.494 e. The molecule has 4 nitrogen and oxygen atoms in total. The van der Waals surface area contributed by atoms with Gasteiger partial charge in [-0.15, -0.1) is 0 Å². The van der Waals surface area contributed by atoms with Crippen LogP contribution in [0, 0.1) is 11.7 Å². The first kappa shape index (κ1) is 13.8. The lowest BCUT2D eigenvalue weighted by Crippen LogP contribution is -2.33. The molecule has 1 aliphatic rings. The van der Waals surface area contributed by atoms with Gasteiger partial charge < -0.3 is 15.4 Å². The summed E-state index contributed by atoms with van der Waals surface area (Å²) in [5.74, 6) is 0.599. The van der Waals surface area contributed by atoms with Gasteiger partial charge in [-0.2, -0.15) is 0 Å². The molecule has 0 bridgehead atoms. The summed E-state index contributed by atoms with van der Waals surface area (Å²) in [4.78, 5) is 11.7. The highest BCUT2D eigenvalue weighted by Gasteiger charge is 2.21. The van der Waals surface area contributed by atoms with Crippen molar-refractivity contribution in [2.75, 3.05) is 26.2 Å². The second-order valence-electron chi connectivity index (χ2n) is 4.64. The van der Waals surface area contributed by atoms with Crippen LogP contribution in [0.3, 0.4) is 0 Å². The molecule has 1 atom stereocenters. The van der Waals surface area contributed by atoms with E-state index in [1.165, 1.54) is 12.1 Å². The number of ether oxygens (including phenoxy) is 1. The highest BCUT2D eigenvalue weighted by Crippen LogP contribution is 2.11. The van der Waals surface area contributed by atoms with Crippen LogP contribution in [0.2, 0.25) is 0 Å². The lowest BCUT2D eigenvalue weighted by Gasteiger charge is -2.10. The molecular weight excluding hydrogens is 247 g/mol. The molecule has 0 aromatic heterocycles. The zero-order chi connectivity index (χ0) is 13.5. The fourth-order valence-electron chi connectivity index (χ4n) is 2.03. The first-order valence-electron chi connectivity index (χ1n) is 6.62. The standard InChI is InChI=1S/C14H19FN2O2/c15-12-2-4-13(5-3-12)19-9-1-7-17-14(18)11-6-8-16-10-11/h2-5,11,16H,1,6-10H2,(H,17,18). The van der Waals surface area contributed by atoms with Crippen LogP contribution < -0.4 is 15.4 Å². The largest absolute Gasteiger partial charge is 0.494 e. The first-order valence-corrected chi connectivity index (χ1v) is 6.62. The summed E-state index contributed by atoms with van der Waals surface area (Å²) in [6.07, 6.45) is 1.65. The molecule has 1 unspecified atom stereocenters. The average molecular weight is 266 g/mol. The second-order valence-corrected chi connectivity index (χ2v) is 4.64. The Morgan fingerprint density at radius 2 is 2.21 bits per heavy atom. The maximum atomic E-state index is 12.7. The normalized spacial score (nSPS) is 18.3. The number of nitrogens with one attached hydrogen (secondary N) is 2. The van der Waals surface area contributed by atoms with E-state index < -0.39 is 0 Å². The van der Waals surface area contributed by atoms with E-state index >= 15 is 0 Å². The van der Waals surface area contributed by atoms with E-state index in [1.54, 1.807) is 12.1 Å². The van der Waals surface area contributed by atoms with Gasteiger partial charge in [0.1, 0.15) is 11.6 Å². The molecule has 1 saturated heterocycles. The van der Waals surface area contributed by atoms with Crippen molar-refractivity contribution in [1.82, 2.24) is 10.6 Å². The molecule has 1 amide bonds. The number of carbonyl (C=O) groups is 1. The summed E-state index contributed by atoms with van der Waals surface area (Å²) >= 11 is 0. The monoisotopic (exact) mass is 266 g/mol. The summed E-state index contributed by atoms with van der Waals surface area (Å²) in [6.45, 7) is 2.81. The summed E-state index contributed by atoms with van der Waals surface area (Å²) in [5, 5.41) is 6.07.